The van der Waals surface area contributed by atoms with E-state index >= 15 is 0 Å². The highest BCUT2D eigenvalue weighted by Gasteiger charge is 2.14. The van der Waals surface area contributed by atoms with Gasteiger partial charge in [0.2, 0.25) is 0 Å². The van der Waals surface area contributed by atoms with Crippen LogP contribution < -0.4 is 0 Å². The average Bonchev–Trinajstić information content (AvgIpc) is 2.64. The predicted octanol–water partition coefficient (Wildman–Crippen LogP) is 3.55. The van der Waals surface area contributed by atoms with Gasteiger partial charge in [-0.15, -0.1) is 0 Å². The van der Waals surface area contributed by atoms with Gasteiger partial charge >= 0.3 is 5.97 Å². The summed E-state index contributed by atoms with van der Waals surface area (Å²) in [5.74, 6) is -0.929. The molecule has 0 saturated heterocycles. The Labute approximate surface area is 108 Å². The van der Waals surface area contributed by atoms with Gasteiger partial charge in [-0.1, -0.05) is 6.07 Å². The van der Waals surface area contributed by atoms with Crippen LogP contribution in [0.1, 0.15) is 21.6 Å². The molecule has 17 heavy (non-hydrogen) atoms. The highest BCUT2D eigenvalue weighted by Crippen LogP contribution is 2.27. The lowest BCUT2D eigenvalue weighted by Crippen LogP contribution is -2.07. The average molecular weight is 294 g/mol. The van der Waals surface area contributed by atoms with Crippen LogP contribution in [0.5, 0.6) is 0 Å². The number of hydrogen-bond donors (Lipinski definition) is 1. The number of aromatic carboxylic acids is 1. The molecule has 0 spiro atoms. The fourth-order valence-electron chi connectivity index (χ4n) is 1.96. The molecule has 1 heterocycles. The first kappa shape index (κ1) is 11.9. The topological polar surface area (TPSA) is 42.2 Å². The molecule has 1 N–H and O–H groups in total. The highest BCUT2D eigenvalue weighted by molar-refractivity contribution is 9.10. The first-order valence-corrected chi connectivity index (χ1v) is 5.98. The van der Waals surface area contributed by atoms with Crippen molar-refractivity contribution in [1.82, 2.24) is 4.57 Å². The maximum atomic E-state index is 11.1. The van der Waals surface area contributed by atoms with Crippen LogP contribution >= 0.6 is 15.9 Å². The molecule has 0 unspecified atom stereocenters. The zero-order valence-corrected chi connectivity index (χ0v) is 11.2. The zero-order valence-electron chi connectivity index (χ0n) is 9.57. The van der Waals surface area contributed by atoms with Crippen LogP contribution in [0.2, 0.25) is 0 Å². The molecular formula is C13H12BrNO2. The van der Waals surface area contributed by atoms with Gasteiger partial charge in [0, 0.05) is 10.7 Å². The van der Waals surface area contributed by atoms with E-state index in [9.17, 15) is 4.79 Å². The molecule has 2 rings (SSSR count). The van der Waals surface area contributed by atoms with Crippen LogP contribution in [0, 0.1) is 13.8 Å². The minimum absolute atomic E-state index is 0.262. The van der Waals surface area contributed by atoms with Crippen molar-refractivity contribution in [2.24, 2.45) is 0 Å². The van der Waals surface area contributed by atoms with E-state index in [2.05, 4.69) is 15.9 Å². The van der Waals surface area contributed by atoms with E-state index in [0.717, 1.165) is 21.3 Å². The van der Waals surface area contributed by atoms with Crippen LogP contribution in [-0.4, -0.2) is 15.6 Å². The van der Waals surface area contributed by atoms with Crippen molar-refractivity contribution < 1.29 is 9.90 Å². The van der Waals surface area contributed by atoms with Crippen LogP contribution in [0.25, 0.3) is 5.69 Å². The summed E-state index contributed by atoms with van der Waals surface area (Å²) in [6.45, 7) is 3.98. The van der Waals surface area contributed by atoms with Crippen LogP contribution in [0.4, 0.5) is 0 Å². The van der Waals surface area contributed by atoms with E-state index in [0.29, 0.717) is 0 Å². The third-order valence-corrected chi connectivity index (χ3v) is 3.21. The van der Waals surface area contributed by atoms with E-state index in [1.165, 1.54) is 0 Å². The van der Waals surface area contributed by atoms with Crippen molar-refractivity contribution in [2.75, 3.05) is 0 Å². The number of rotatable bonds is 2. The Hall–Kier alpha value is -1.55. The van der Waals surface area contributed by atoms with Gasteiger partial charge in [0.1, 0.15) is 5.69 Å². The number of carboxylic acids is 1. The maximum Gasteiger partial charge on any atom is 0.352 e. The Bertz CT molecular complexity index is 564. The number of benzene rings is 1. The minimum atomic E-state index is -0.929. The van der Waals surface area contributed by atoms with Gasteiger partial charge in [0.05, 0.1) is 5.69 Å². The fourth-order valence-corrected chi connectivity index (χ4v) is 2.83. The van der Waals surface area contributed by atoms with Gasteiger partial charge in [-0.25, -0.2) is 4.79 Å². The van der Waals surface area contributed by atoms with Gasteiger partial charge < -0.3 is 9.67 Å². The van der Waals surface area contributed by atoms with Crippen LogP contribution in [0.15, 0.2) is 34.9 Å². The molecular weight excluding hydrogens is 282 g/mol. The molecule has 0 bridgehead atoms. The first-order valence-electron chi connectivity index (χ1n) is 5.18. The van der Waals surface area contributed by atoms with E-state index in [4.69, 9.17) is 5.11 Å². The van der Waals surface area contributed by atoms with E-state index in [1.807, 2.05) is 26.0 Å². The molecule has 2 aromatic rings. The van der Waals surface area contributed by atoms with Crippen molar-refractivity contribution in [3.05, 3.63) is 51.8 Å². The Balaban J connectivity index is 2.69. The van der Waals surface area contributed by atoms with Crippen LogP contribution in [-0.2, 0) is 0 Å². The first-order chi connectivity index (χ1) is 8.00. The lowest BCUT2D eigenvalue weighted by molar-refractivity contribution is 0.0688. The number of hydrogen-bond acceptors (Lipinski definition) is 1. The monoisotopic (exact) mass is 293 g/mol. The van der Waals surface area contributed by atoms with Gasteiger partial charge in [-0.05, 0) is 59.1 Å². The molecule has 3 nitrogen and oxygen atoms in total. The second-order valence-electron chi connectivity index (χ2n) is 3.98. The minimum Gasteiger partial charge on any atom is -0.477 e. The molecule has 1 aromatic carbocycles. The molecule has 1 aromatic heterocycles. The molecule has 0 fully saturated rings. The van der Waals surface area contributed by atoms with Crippen LogP contribution in [0.3, 0.4) is 0 Å². The number of aromatic nitrogens is 1. The lowest BCUT2D eigenvalue weighted by Gasteiger charge is -2.13. The summed E-state index contributed by atoms with van der Waals surface area (Å²) < 4.78 is 2.58. The molecule has 4 heteroatoms. The Morgan fingerprint density at radius 2 is 2.06 bits per heavy atom. The predicted molar refractivity (Wildman–Crippen MR) is 69.9 cm³/mol. The van der Waals surface area contributed by atoms with Gasteiger partial charge in [0.25, 0.3) is 0 Å². The summed E-state index contributed by atoms with van der Waals surface area (Å²) >= 11 is 3.49. The third-order valence-electron chi connectivity index (χ3n) is 2.61. The summed E-state index contributed by atoms with van der Waals surface area (Å²) in [4.78, 5) is 11.1. The van der Waals surface area contributed by atoms with Gasteiger partial charge in [-0.2, -0.15) is 0 Å². The number of carboxylic acid groups (broad SMARTS) is 1. The van der Waals surface area contributed by atoms with E-state index in [-0.39, 0.29) is 5.69 Å². The van der Waals surface area contributed by atoms with Gasteiger partial charge in [0.15, 0.2) is 0 Å². The summed E-state index contributed by atoms with van der Waals surface area (Å²) in [6.07, 6.45) is 1.76. The SMILES string of the molecule is Cc1cc(C)c(-n2cccc2C(=O)O)c(Br)c1. The van der Waals surface area contributed by atoms with Crippen molar-refractivity contribution >= 4 is 21.9 Å². The molecule has 0 atom stereocenters. The molecule has 0 aliphatic rings. The summed E-state index contributed by atoms with van der Waals surface area (Å²) in [5, 5.41) is 9.12. The molecule has 88 valence electrons. The smallest absolute Gasteiger partial charge is 0.352 e. The molecule has 0 saturated carbocycles. The van der Waals surface area contributed by atoms with E-state index in [1.54, 1.807) is 22.9 Å². The molecule has 0 aliphatic heterocycles. The summed E-state index contributed by atoms with van der Waals surface area (Å²) in [5.41, 5.74) is 3.31. The lowest BCUT2D eigenvalue weighted by atomic mass is 10.1. The molecule has 0 amide bonds. The number of carbonyl (C=O) groups is 1. The number of aryl methyl sites for hydroxylation is 2. The Kier molecular flexibility index (Phi) is 3.07. The second kappa shape index (κ2) is 4.37. The number of nitrogens with zero attached hydrogens (tertiary/aromatic N) is 1. The Morgan fingerprint density at radius 3 is 2.65 bits per heavy atom. The van der Waals surface area contributed by atoms with Crippen molar-refractivity contribution in [1.29, 1.82) is 0 Å². The second-order valence-corrected chi connectivity index (χ2v) is 4.84. The largest absolute Gasteiger partial charge is 0.477 e. The quantitative estimate of drug-likeness (QED) is 0.920. The van der Waals surface area contributed by atoms with Crippen molar-refractivity contribution in [3.63, 3.8) is 0 Å². The molecule has 0 aliphatic carbocycles. The molecule has 0 radical (unpaired) electrons. The van der Waals surface area contributed by atoms with Gasteiger partial charge in [-0.3, -0.25) is 0 Å². The summed E-state index contributed by atoms with van der Waals surface area (Å²) in [6, 6.07) is 7.34. The summed E-state index contributed by atoms with van der Waals surface area (Å²) in [7, 11) is 0. The van der Waals surface area contributed by atoms with Crippen molar-refractivity contribution in [3.8, 4) is 5.69 Å². The third kappa shape index (κ3) is 2.13. The van der Waals surface area contributed by atoms with Crippen molar-refractivity contribution in [2.45, 2.75) is 13.8 Å². The highest BCUT2D eigenvalue weighted by atomic mass is 79.9. The standard InChI is InChI=1S/C13H12BrNO2/c1-8-6-9(2)12(10(14)7-8)15-5-3-4-11(15)13(16)17/h3-7H,1-2H3,(H,16,17). The zero-order chi connectivity index (χ0) is 12.6. The van der Waals surface area contributed by atoms with E-state index < -0.39 is 5.97 Å². The maximum absolute atomic E-state index is 11.1. The fraction of sp³-hybridized carbons (Fsp3) is 0.154. The normalized spacial score (nSPS) is 10.5. The number of halogens is 1. The Morgan fingerprint density at radius 1 is 1.35 bits per heavy atom.